The van der Waals surface area contributed by atoms with Gasteiger partial charge in [-0.15, -0.1) is 0 Å². The second-order valence-electron chi connectivity index (χ2n) is 5.21. The van der Waals surface area contributed by atoms with Crippen LogP contribution in [0.2, 0.25) is 0 Å². The lowest BCUT2D eigenvalue weighted by molar-refractivity contribution is 0.157. The van der Waals surface area contributed by atoms with Crippen LogP contribution < -0.4 is 0 Å². The number of amidine groups is 1. The Morgan fingerprint density at radius 3 is 2.79 bits per heavy atom. The molecule has 1 fully saturated rings. The normalized spacial score (nSPS) is 23.2. The number of nitrogens with zero attached hydrogens (tertiary/aromatic N) is 4. The summed E-state index contributed by atoms with van der Waals surface area (Å²) in [5, 5.41) is 0. The van der Waals surface area contributed by atoms with Crippen LogP contribution in [0.15, 0.2) is 41.3 Å². The highest BCUT2D eigenvalue weighted by atomic mass is 15.3. The van der Waals surface area contributed by atoms with Gasteiger partial charge in [-0.1, -0.05) is 13.0 Å². The molecule has 0 aromatic rings. The number of allylic oxidation sites excluding steroid dienone is 2. The van der Waals surface area contributed by atoms with E-state index in [1.165, 1.54) is 13.0 Å². The molecule has 0 saturated carbocycles. The van der Waals surface area contributed by atoms with Gasteiger partial charge in [0, 0.05) is 38.9 Å². The van der Waals surface area contributed by atoms with Crippen molar-refractivity contribution in [2.24, 2.45) is 4.99 Å². The second kappa shape index (κ2) is 5.61. The first-order valence-corrected chi connectivity index (χ1v) is 7.24. The Bertz CT molecular complexity index is 439. The average molecular weight is 258 g/mol. The van der Waals surface area contributed by atoms with Crippen molar-refractivity contribution >= 4 is 5.84 Å². The molecule has 0 aliphatic carbocycles. The van der Waals surface area contributed by atoms with Gasteiger partial charge in [-0.3, -0.25) is 4.90 Å². The zero-order valence-corrected chi connectivity index (χ0v) is 11.6. The van der Waals surface area contributed by atoms with Gasteiger partial charge in [0.25, 0.3) is 0 Å². The molecular formula is C15H22N4. The van der Waals surface area contributed by atoms with Crippen LogP contribution >= 0.6 is 0 Å². The fourth-order valence-corrected chi connectivity index (χ4v) is 2.78. The summed E-state index contributed by atoms with van der Waals surface area (Å²) in [7, 11) is 0. The van der Waals surface area contributed by atoms with Gasteiger partial charge in [-0.25, -0.2) is 4.99 Å². The van der Waals surface area contributed by atoms with E-state index in [-0.39, 0.29) is 0 Å². The lowest BCUT2D eigenvalue weighted by Crippen LogP contribution is -2.46. The Balaban J connectivity index is 1.62. The molecule has 3 aliphatic rings. The Kier molecular flexibility index (Phi) is 3.69. The Labute approximate surface area is 115 Å². The molecule has 4 heteroatoms. The predicted octanol–water partition coefficient (Wildman–Crippen LogP) is 1.65. The minimum absolute atomic E-state index is 0.935. The van der Waals surface area contributed by atoms with Crippen molar-refractivity contribution < 1.29 is 0 Å². The summed E-state index contributed by atoms with van der Waals surface area (Å²) < 4.78 is 0. The topological polar surface area (TPSA) is 22.1 Å². The van der Waals surface area contributed by atoms with Crippen molar-refractivity contribution in [3.05, 3.63) is 36.3 Å². The number of hydrogen-bond donors (Lipinski definition) is 0. The smallest absolute Gasteiger partial charge is 0.135 e. The number of rotatable bonds is 3. The molecule has 102 valence electrons. The molecule has 19 heavy (non-hydrogen) atoms. The van der Waals surface area contributed by atoms with E-state index in [9.17, 15) is 0 Å². The zero-order chi connectivity index (χ0) is 13.1. The highest BCUT2D eigenvalue weighted by Crippen LogP contribution is 2.17. The van der Waals surface area contributed by atoms with E-state index >= 15 is 0 Å². The summed E-state index contributed by atoms with van der Waals surface area (Å²) in [5.41, 5.74) is 0. The van der Waals surface area contributed by atoms with Crippen molar-refractivity contribution in [2.45, 2.75) is 13.3 Å². The van der Waals surface area contributed by atoms with Crippen LogP contribution in [0.4, 0.5) is 0 Å². The van der Waals surface area contributed by atoms with Crippen molar-refractivity contribution in [3.63, 3.8) is 0 Å². The summed E-state index contributed by atoms with van der Waals surface area (Å²) in [6, 6.07) is 0. The zero-order valence-electron chi connectivity index (χ0n) is 11.6. The third-order valence-corrected chi connectivity index (χ3v) is 3.85. The number of aliphatic imine (C=N–C) groups is 1. The molecule has 1 saturated heterocycles. The van der Waals surface area contributed by atoms with Crippen LogP contribution in [0.5, 0.6) is 0 Å². The monoisotopic (exact) mass is 258 g/mol. The molecule has 0 bridgehead atoms. The van der Waals surface area contributed by atoms with Crippen LogP contribution in [-0.2, 0) is 0 Å². The van der Waals surface area contributed by atoms with Crippen LogP contribution in [0, 0.1) is 0 Å². The minimum Gasteiger partial charge on any atom is -0.354 e. The number of hydrogen-bond acceptors (Lipinski definition) is 4. The van der Waals surface area contributed by atoms with Crippen LogP contribution in [-0.4, -0.2) is 59.8 Å². The Morgan fingerprint density at radius 2 is 2.00 bits per heavy atom. The summed E-state index contributed by atoms with van der Waals surface area (Å²) in [4.78, 5) is 11.9. The van der Waals surface area contributed by atoms with Crippen molar-refractivity contribution in [2.75, 3.05) is 39.3 Å². The van der Waals surface area contributed by atoms with E-state index in [2.05, 4.69) is 52.1 Å². The molecule has 0 atom stereocenters. The number of piperazine rings is 1. The quantitative estimate of drug-likeness (QED) is 0.768. The molecule has 0 N–H and O–H groups in total. The Hall–Kier alpha value is -1.55. The molecule has 0 radical (unpaired) electrons. The first kappa shape index (κ1) is 12.5. The number of fused-ring (bicyclic) bond motifs is 1. The summed E-state index contributed by atoms with van der Waals surface area (Å²) in [6.45, 7) is 8.93. The summed E-state index contributed by atoms with van der Waals surface area (Å²) >= 11 is 0. The average Bonchev–Trinajstić information content (AvgIpc) is 2.48. The predicted molar refractivity (Wildman–Crippen MR) is 78.8 cm³/mol. The fraction of sp³-hybridized carbons (Fsp3) is 0.533. The molecule has 0 unspecified atom stereocenters. The Morgan fingerprint density at radius 1 is 1.16 bits per heavy atom. The molecule has 3 rings (SSSR count). The van der Waals surface area contributed by atoms with Gasteiger partial charge in [0.05, 0.1) is 0 Å². The van der Waals surface area contributed by atoms with E-state index in [1.807, 2.05) is 0 Å². The van der Waals surface area contributed by atoms with Crippen molar-refractivity contribution in [3.8, 4) is 0 Å². The first-order valence-electron chi connectivity index (χ1n) is 7.24. The standard InChI is InChI=1S/C15H22N4/c1-2-7-17-10-12-19(13-11-17)15-6-9-18-8-4-3-5-14(18)16-15/h3-6,8H,2,7,9-13H2,1H3. The third kappa shape index (κ3) is 2.73. The van der Waals surface area contributed by atoms with Gasteiger partial charge >= 0.3 is 0 Å². The highest BCUT2D eigenvalue weighted by molar-refractivity contribution is 5.96. The summed E-state index contributed by atoms with van der Waals surface area (Å²) in [5.74, 6) is 2.22. The van der Waals surface area contributed by atoms with Gasteiger partial charge < -0.3 is 9.80 Å². The lowest BCUT2D eigenvalue weighted by Gasteiger charge is -2.37. The van der Waals surface area contributed by atoms with Crippen LogP contribution in [0.1, 0.15) is 13.3 Å². The van der Waals surface area contributed by atoms with Gasteiger partial charge in [-0.2, -0.15) is 0 Å². The van der Waals surface area contributed by atoms with Gasteiger partial charge in [-0.05, 0) is 31.2 Å². The largest absolute Gasteiger partial charge is 0.354 e. The van der Waals surface area contributed by atoms with Crippen molar-refractivity contribution in [1.29, 1.82) is 0 Å². The molecule has 0 aromatic heterocycles. The van der Waals surface area contributed by atoms with E-state index in [0.29, 0.717) is 0 Å². The van der Waals surface area contributed by atoms with Gasteiger partial charge in [0.2, 0.25) is 0 Å². The van der Waals surface area contributed by atoms with Crippen LogP contribution in [0.25, 0.3) is 0 Å². The first-order chi connectivity index (χ1) is 9.36. The van der Waals surface area contributed by atoms with Crippen molar-refractivity contribution in [1.82, 2.24) is 14.7 Å². The molecular weight excluding hydrogens is 236 g/mol. The minimum atomic E-state index is 0.935. The maximum atomic E-state index is 4.77. The van der Waals surface area contributed by atoms with Gasteiger partial charge in [0.1, 0.15) is 11.7 Å². The van der Waals surface area contributed by atoms with E-state index in [4.69, 9.17) is 4.99 Å². The summed E-state index contributed by atoms with van der Waals surface area (Å²) in [6.07, 6.45) is 11.8. The van der Waals surface area contributed by atoms with Gasteiger partial charge in [0.15, 0.2) is 0 Å². The second-order valence-corrected chi connectivity index (χ2v) is 5.21. The molecule has 0 spiro atoms. The molecule has 0 aromatic carbocycles. The van der Waals surface area contributed by atoms with E-state index in [1.54, 1.807) is 0 Å². The molecule has 3 aliphatic heterocycles. The van der Waals surface area contributed by atoms with E-state index < -0.39 is 0 Å². The molecule has 3 heterocycles. The maximum absolute atomic E-state index is 4.77. The van der Waals surface area contributed by atoms with E-state index in [0.717, 1.165) is 44.4 Å². The molecule has 0 amide bonds. The maximum Gasteiger partial charge on any atom is 0.135 e. The molecule has 4 nitrogen and oxygen atoms in total. The lowest BCUT2D eigenvalue weighted by atomic mass is 10.2. The third-order valence-electron chi connectivity index (χ3n) is 3.85. The fourth-order valence-electron chi connectivity index (χ4n) is 2.78. The van der Waals surface area contributed by atoms with Crippen LogP contribution in [0.3, 0.4) is 0 Å². The highest BCUT2D eigenvalue weighted by Gasteiger charge is 2.21. The SMILES string of the molecule is CCCN1CCN(C2=CCN3C=CC=CC3=N2)CC1.